The van der Waals surface area contributed by atoms with E-state index in [1.807, 2.05) is 6.92 Å². The van der Waals surface area contributed by atoms with Gasteiger partial charge in [0, 0.05) is 22.6 Å². The van der Waals surface area contributed by atoms with Crippen LogP contribution in [0.1, 0.15) is 16.1 Å². The molecule has 1 amide bonds. The topological polar surface area (TPSA) is 70.5 Å². The van der Waals surface area contributed by atoms with E-state index in [9.17, 15) is 9.59 Å². The molecule has 6 heteroatoms. The third-order valence-electron chi connectivity index (χ3n) is 2.84. The first kappa shape index (κ1) is 15.0. The van der Waals surface area contributed by atoms with Gasteiger partial charge in [-0.15, -0.1) is 0 Å². The van der Waals surface area contributed by atoms with Gasteiger partial charge >= 0.3 is 5.97 Å². The molecule has 0 spiro atoms. The highest BCUT2D eigenvalue weighted by atomic mass is 35.5. The maximum Gasteiger partial charge on any atom is 0.323 e. The SMILES string of the molecule is Cc1ccc(C(=O)N(CC(=O)O)c2ccc(Cl)cc2)cn1. The zero-order chi connectivity index (χ0) is 15.4. The highest BCUT2D eigenvalue weighted by Gasteiger charge is 2.20. The second-order valence-corrected chi connectivity index (χ2v) is 4.89. The van der Waals surface area contributed by atoms with Gasteiger partial charge in [0.1, 0.15) is 6.54 Å². The maximum absolute atomic E-state index is 12.5. The van der Waals surface area contributed by atoms with Crippen LogP contribution in [0.3, 0.4) is 0 Å². The first-order chi connectivity index (χ1) is 9.97. The first-order valence-electron chi connectivity index (χ1n) is 6.19. The van der Waals surface area contributed by atoms with Gasteiger partial charge in [-0.3, -0.25) is 19.5 Å². The Kier molecular flexibility index (Phi) is 4.55. The molecule has 1 aromatic carbocycles. The number of carboxylic acid groups (broad SMARTS) is 1. The third kappa shape index (κ3) is 3.79. The molecule has 0 aliphatic rings. The largest absolute Gasteiger partial charge is 0.480 e. The number of benzene rings is 1. The van der Waals surface area contributed by atoms with Crippen molar-refractivity contribution in [2.45, 2.75) is 6.92 Å². The number of nitrogens with zero attached hydrogens (tertiary/aromatic N) is 2. The van der Waals surface area contributed by atoms with Crippen LogP contribution < -0.4 is 4.90 Å². The predicted octanol–water partition coefficient (Wildman–Crippen LogP) is 2.77. The molecule has 0 saturated carbocycles. The Balaban J connectivity index is 2.35. The molecule has 0 aliphatic carbocycles. The summed E-state index contributed by atoms with van der Waals surface area (Å²) < 4.78 is 0. The maximum atomic E-state index is 12.5. The number of anilines is 1. The van der Waals surface area contributed by atoms with Crippen molar-refractivity contribution in [3.8, 4) is 0 Å². The summed E-state index contributed by atoms with van der Waals surface area (Å²) in [5, 5.41) is 9.52. The van der Waals surface area contributed by atoms with E-state index < -0.39 is 18.4 Å². The van der Waals surface area contributed by atoms with Gasteiger partial charge in [-0.2, -0.15) is 0 Å². The van der Waals surface area contributed by atoms with Gasteiger partial charge in [0.2, 0.25) is 0 Å². The first-order valence-corrected chi connectivity index (χ1v) is 6.57. The molecule has 1 N–H and O–H groups in total. The lowest BCUT2D eigenvalue weighted by Gasteiger charge is -2.21. The average molecular weight is 305 g/mol. The lowest BCUT2D eigenvalue weighted by Crippen LogP contribution is -2.35. The van der Waals surface area contributed by atoms with Crippen LogP contribution in [0.5, 0.6) is 0 Å². The Morgan fingerprint density at radius 3 is 2.38 bits per heavy atom. The minimum atomic E-state index is -1.10. The van der Waals surface area contributed by atoms with Crippen molar-refractivity contribution < 1.29 is 14.7 Å². The lowest BCUT2D eigenvalue weighted by atomic mass is 10.2. The van der Waals surface area contributed by atoms with Gasteiger partial charge in [-0.05, 0) is 43.3 Å². The van der Waals surface area contributed by atoms with E-state index in [4.69, 9.17) is 16.7 Å². The van der Waals surface area contributed by atoms with Crippen LogP contribution in [0.15, 0.2) is 42.6 Å². The summed E-state index contributed by atoms with van der Waals surface area (Å²) in [6.45, 7) is 1.37. The normalized spacial score (nSPS) is 10.2. The Morgan fingerprint density at radius 2 is 1.86 bits per heavy atom. The second kappa shape index (κ2) is 6.37. The monoisotopic (exact) mass is 304 g/mol. The molecule has 0 radical (unpaired) electrons. The molecule has 0 unspecified atom stereocenters. The number of rotatable bonds is 4. The minimum Gasteiger partial charge on any atom is -0.480 e. The predicted molar refractivity (Wildman–Crippen MR) is 79.7 cm³/mol. The Morgan fingerprint density at radius 1 is 1.19 bits per heavy atom. The van der Waals surface area contributed by atoms with Crippen LogP contribution in [-0.4, -0.2) is 28.5 Å². The summed E-state index contributed by atoms with van der Waals surface area (Å²) in [5.41, 5.74) is 1.58. The molecule has 0 atom stereocenters. The number of hydrogen-bond donors (Lipinski definition) is 1. The third-order valence-corrected chi connectivity index (χ3v) is 3.09. The van der Waals surface area contributed by atoms with Crippen LogP contribution in [0, 0.1) is 6.92 Å². The van der Waals surface area contributed by atoms with Crippen molar-refractivity contribution in [3.63, 3.8) is 0 Å². The number of halogens is 1. The number of aromatic nitrogens is 1. The highest BCUT2D eigenvalue weighted by molar-refractivity contribution is 6.30. The smallest absolute Gasteiger partial charge is 0.323 e. The fraction of sp³-hybridized carbons (Fsp3) is 0.133. The number of aryl methyl sites for hydroxylation is 1. The molecule has 1 heterocycles. The van der Waals surface area contributed by atoms with E-state index >= 15 is 0 Å². The molecular weight excluding hydrogens is 292 g/mol. The van der Waals surface area contributed by atoms with Crippen LogP contribution in [0.2, 0.25) is 5.02 Å². The van der Waals surface area contributed by atoms with Gasteiger partial charge in [0.05, 0.1) is 5.56 Å². The van der Waals surface area contributed by atoms with E-state index in [-0.39, 0.29) is 0 Å². The highest BCUT2D eigenvalue weighted by Crippen LogP contribution is 2.20. The number of amides is 1. The van der Waals surface area contributed by atoms with E-state index in [1.165, 1.54) is 11.1 Å². The van der Waals surface area contributed by atoms with Crippen molar-refractivity contribution in [2.24, 2.45) is 0 Å². The summed E-state index contributed by atoms with van der Waals surface area (Å²) in [7, 11) is 0. The Labute approximate surface area is 126 Å². The molecule has 0 fully saturated rings. The molecule has 108 valence electrons. The van der Waals surface area contributed by atoms with Crippen LogP contribution >= 0.6 is 11.6 Å². The molecule has 2 rings (SSSR count). The average Bonchev–Trinajstić information content (AvgIpc) is 2.46. The van der Waals surface area contributed by atoms with Crippen molar-refractivity contribution >= 4 is 29.2 Å². The molecule has 2 aromatic rings. The summed E-state index contributed by atoms with van der Waals surface area (Å²) in [5.74, 6) is -1.52. The van der Waals surface area contributed by atoms with Crippen molar-refractivity contribution in [3.05, 3.63) is 58.9 Å². The fourth-order valence-electron chi connectivity index (χ4n) is 1.79. The minimum absolute atomic E-state index is 0.330. The van der Waals surface area contributed by atoms with Gasteiger partial charge in [0.25, 0.3) is 5.91 Å². The molecule has 21 heavy (non-hydrogen) atoms. The van der Waals surface area contributed by atoms with Gasteiger partial charge in [-0.25, -0.2) is 0 Å². The van der Waals surface area contributed by atoms with E-state index in [0.717, 1.165) is 5.69 Å². The van der Waals surface area contributed by atoms with E-state index in [1.54, 1.807) is 36.4 Å². The Hall–Kier alpha value is -2.40. The molecule has 5 nitrogen and oxygen atoms in total. The molecule has 0 bridgehead atoms. The second-order valence-electron chi connectivity index (χ2n) is 4.45. The van der Waals surface area contributed by atoms with Gasteiger partial charge in [0.15, 0.2) is 0 Å². The van der Waals surface area contributed by atoms with Gasteiger partial charge in [-0.1, -0.05) is 11.6 Å². The molecule has 0 saturated heterocycles. The summed E-state index contributed by atoms with van der Waals surface area (Å²) >= 11 is 5.81. The zero-order valence-electron chi connectivity index (χ0n) is 11.3. The number of hydrogen-bond acceptors (Lipinski definition) is 3. The van der Waals surface area contributed by atoms with Crippen LogP contribution in [-0.2, 0) is 4.79 Å². The summed E-state index contributed by atoms with van der Waals surface area (Å²) in [4.78, 5) is 28.7. The van der Waals surface area contributed by atoms with Crippen LogP contribution in [0.25, 0.3) is 0 Å². The molecular formula is C15H13ClN2O3. The summed E-state index contributed by atoms with van der Waals surface area (Å²) in [6.07, 6.45) is 1.43. The zero-order valence-corrected chi connectivity index (χ0v) is 12.0. The number of pyridine rings is 1. The number of carbonyl (C=O) groups excluding carboxylic acids is 1. The number of carboxylic acids is 1. The Bertz CT molecular complexity index is 654. The molecule has 0 aliphatic heterocycles. The van der Waals surface area contributed by atoms with Crippen molar-refractivity contribution in [2.75, 3.05) is 11.4 Å². The quantitative estimate of drug-likeness (QED) is 0.943. The van der Waals surface area contributed by atoms with E-state index in [0.29, 0.717) is 16.3 Å². The van der Waals surface area contributed by atoms with Crippen molar-refractivity contribution in [1.82, 2.24) is 4.98 Å². The lowest BCUT2D eigenvalue weighted by molar-refractivity contribution is -0.135. The molecule has 1 aromatic heterocycles. The number of aliphatic carboxylic acids is 1. The van der Waals surface area contributed by atoms with Gasteiger partial charge < -0.3 is 5.11 Å². The van der Waals surface area contributed by atoms with Crippen LogP contribution in [0.4, 0.5) is 5.69 Å². The van der Waals surface area contributed by atoms with E-state index in [2.05, 4.69) is 4.98 Å². The van der Waals surface area contributed by atoms with Crippen molar-refractivity contribution in [1.29, 1.82) is 0 Å². The number of carbonyl (C=O) groups is 2. The standard InChI is InChI=1S/C15H13ClN2O3/c1-10-2-3-11(8-17-10)15(21)18(9-14(19)20)13-6-4-12(16)5-7-13/h2-8H,9H2,1H3,(H,19,20). The summed E-state index contributed by atoms with van der Waals surface area (Å²) in [6, 6.07) is 9.73. The fourth-order valence-corrected chi connectivity index (χ4v) is 1.91.